The summed E-state index contributed by atoms with van der Waals surface area (Å²) in [4.78, 5) is 3.86. The fourth-order valence-corrected chi connectivity index (χ4v) is 2.11. The second-order valence-electron chi connectivity index (χ2n) is 4.60. The van der Waals surface area contributed by atoms with Crippen LogP contribution in [0.4, 0.5) is 4.39 Å². The van der Waals surface area contributed by atoms with E-state index in [0.29, 0.717) is 0 Å². The summed E-state index contributed by atoms with van der Waals surface area (Å²) in [7, 11) is 0. The molecule has 0 amide bonds. The van der Waals surface area contributed by atoms with E-state index in [9.17, 15) is 4.39 Å². The van der Waals surface area contributed by atoms with E-state index in [-0.39, 0.29) is 17.9 Å². The Balaban J connectivity index is 2.06. The number of pyridine rings is 1. The molecule has 19 heavy (non-hydrogen) atoms. The normalized spacial score (nSPS) is 14.1. The largest absolute Gasteiger partial charge is 0.304 e. The first-order valence-electron chi connectivity index (χ1n) is 6.18. The molecule has 0 saturated heterocycles. The van der Waals surface area contributed by atoms with Gasteiger partial charge in [0, 0.05) is 23.3 Å². The topological polar surface area (TPSA) is 24.9 Å². The summed E-state index contributed by atoms with van der Waals surface area (Å²) in [5, 5.41) is 4.13. The van der Waals surface area contributed by atoms with Crippen molar-refractivity contribution in [3.8, 4) is 0 Å². The molecular weight excluding hydrogens is 263 g/mol. The summed E-state index contributed by atoms with van der Waals surface area (Å²) < 4.78 is 13.1. The van der Waals surface area contributed by atoms with Crippen LogP contribution in [0.25, 0.3) is 0 Å². The smallest absolute Gasteiger partial charge is 0.141 e. The van der Waals surface area contributed by atoms with Crippen LogP contribution < -0.4 is 5.32 Å². The minimum Gasteiger partial charge on any atom is -0.304 e. The van der Waals surface area contributed by atoms with Crippen LogP contribution in [-0.4, -0.2) is 4.98 Å². The number of benzene rings is 1. The molecule has 2 atom stereocenters. The van der Waals surface area contributed by atoms with Gasteiger partial charge in [0.15, 0.2) is 0 Å². The second kappa shape index (κ2) is 6.13. The summed E-state index contributed by atoms with van der Waals surface area (Å²) in [5.74, 6) is -0.315. The predicted molar refractivity (Wildman–Crippen MR) is 75.6 cm³/mol. The number of aromatic nitrogens is 1. The van der Waals surface area contributed by atoms with Gasteiger partial charge in [0.25, 0.3) is 0 Å². The highest BCUT2D eigenvalue weighted by Crippen LogP contribution is 2.20. The van der Waals surface area contributed by atoms with E-state index in [0.717, 1.165) is 16.1 Å². The third kappa shape index (κ3) is 3.75. The molecule has 1 aromatic heterocycles. The van der Waals surface area contributed by atoms with Crippen LogP contribution >= 0.6 is 11.6 Å². The maximum absolute atomic E-state index is 13.1. The van der Waals surface area contributed by atoms with Gasteiger partial charge in [-0.1, -0.05) is 23.7 Å². The van der Waals surface area contributed by atoms with Crippen molar-refractivity contribution in [2.75, 3.05) is 0 Å². The first-order chi connectivity index (χ1) is 9.06. The first kappa shape index (κ1) is 14.0. The summed E-state index contributed by atoms with van der Waals surface area (Å²) in [6, 6.07) is 9.36. The van der Waals surface area contributed by atoms with Crippen molar-refractivity contribution in [2.24, 2.45) is 0 Å². The Labute approximate surface area is 117 Å². The van der Waals surface area contributed by atoms with Gasteiger partial charge in [0.1, 0.15) is 5.82 Å². The molecule has 100 valence electrons. The zero-order valence-electron chi connectivity index (χ0n) is 10.9. The molecule has 2 unspecified atom stereocenters. The first-order valence-corrected chi connectivity index (χ1v) is 6.56. The Morgan fingerprint density at radius 1 is 1.05 bits per heavy atom. The number of hydrogen-bond donors (Lipinski definition) is 1. The molecule has 1 N–H and O–H groups in total. The third-order valence-corrected chi connectivity index (χ3v) is 3.35. The van der Waals surface area contributed by atoms with E-state index in [1.165, 1.54) is 12.3 Å². The number of nitrogens with zero attached hydrogens (tertiary/aromatic N) is 1. The predicted octanol–water partition coefficient (Wildman–Crippen LogP) is 4.29. The van der Waals surface area contributed by atoms with Gasteiger partial charge >= 0.3 is 0 Å². The molecule has 2 nitrogen and oxygen atoms in total. The average molecular weight is 279 g/mol. The lowest BCUT2D eigenvalue weighted by Gasteiger charge is -2.20. The van der Waals surface area contributed by atoms with Gasteiger partial charge in [-0.3, -0.25) is 4.98 Å². The molecular formula is C15H16ClFN2. The molecule has 0 aliphatic heterocycles. The Morgan fingerprint density at radius 3 is 2.32 bits per heavy atom. The van der Waals surface area contributed by atoms with Gasteiger partial charge in [-0.2, -0.15) is 0 Å². The second-order valence-corrected chi connectivity index (χ2v) is 5.03. The fourth-order valence-electron chi connectivity index (χ4n) is 1.98. The number of halogens is 2. The number of hydrogen-bond acceptors (Lipinski definition) is 2. The molecule has 1 aromatic carbocycles. The van der Waals surface area contributed by atoms with E-state index >= 15 is 0 Å². The minimum atomic E-state index is -0.315. The van der Waals surface area contributed by atoms with Crippen molar-refractivity contribution in [1.29, 1.82) is 0 Å². The van der Waals surface area contributed by atoms with Crippen molar-refractivity contribution in [1.82, 2.24) is 10.3 Å². The van der Waals surface area contributed by atoms with E-state index < -0.39 is 0 Å². The van der Waals surface area contributed by atoms with Crippen LogP contribution in [0.1, 0.15) is 37.1 Å². The van der Waals surface area contributed by atoms with Gasteiger partial charge in [-0.05, 0) is 43.2 Å². The van der Waals surface area contributed by atoms with E-state index in [4.69, 9.17) is 11.6 Å². The molecule has 0 aliphatic carbocycles. The molecule has 2 aromatic rings. The van der Waals surface area contributed by atoms with Gasteiger partial charge in [0.2, 0.25) is 0 Å². The minimum absolute atomic E-state index is 0.0221. The van der Waals surface area contributed by atoms with Crippen molar-refractivity contribution >= 4 is 11.6 Å². The highest BCUT2D eigenvalue weighted by atomic mass is 35.5. The maximum atomic E-state index is 13.1. The average Bonchev–Trinajstić information content (AvgIpc) is 2.39. The zero-order chi connectivity index (χ0) is 13.8. The maximum Gasteiger partial charge on any atom is 0.141 e. The summed E-state index contributed by atoms with van der Waals surface area (Å²) in [5.41, 5.74) is 1.97. The highest BCUT2D eigenvalue weighted by Gasteiger charge is 2.11. The molecule has 2 rings (SSSR count). The van der Waals surface area contributed by atoms with Crippen LogP contribution in [0, 0.1) is 5.82 Å². The van der Waals surface area contributed by atoms with E-state index in [1.54, 1.807) is 6.20 Å². The van der Waals surface area contributed by atoms with Crippen LogP contribution in [0.2, 0.25) is 5.02 Å². The molecule has 0 saturated carbocycles. The van der Waals surface area contributed by atoms with Crippen molar-refractivity contribution < 1.29 is 4.39 Å². The lowest BCUT2D eigenvalue weighted by atomic mass is 10.1. The molecule has 0 bridgehead atoms. The number of nitrogens with one attached hydrogen (secondary N) is 1. The van der Waals surface area contributed by atoms with Gasteiger partial charge in [-0.15, -0.1) is 0 Å². The van der Waals surface area contributed by atoms with E-state index in [1.807, 2.05) is 31.2 Å². The van der Waals surface area contributed by atoms with Crippen LogP contribution in [-0.2, 0) is 0 Å². The lowest BCUT2D eigenvalue weighted by Crippen LogP contribution is -2.22. The monoisotopic (exact) mass is 278 g/mol. The summed E-state index contributed by atoms with van der Waals surface area (Å²) in [6.07, 6.45) is 2.88. The molecule has 4 heteroatoms. The van der Waals surface area contributed by atoms with E-state index in [2.05, 4.69) is 17.2 Å². The Hall–Kier alpha value is -1.45. The standard InChI is InChI=1S/C15H16ClFN2/c1-10(12-3-5-14(16)6-4-12)19-11(2)13-7-15(17)9-18-8-13/h3-11,19H,1-2H3. The van der Waals surface area contributed by atoms with Crippen molar-refractivity contribution in [3.63, 3.8) is 0 Å². The van der Waals surface area contributed by atoms with Gasteiger partial charge < -0.3 is 5.32 Å². The Kier molecular flexibility index (Phi) is 4.51. The lowest BCUT2D eigenvalue weighted by molar-refractivity contribution is 0.490. The molecule has 0 radical (unpaired) electrons. The van der Waals surface area contributed by atoms with Gasteiger partial charge in [-0.25, -0.2) is 4.39 Å². The molecule has 0 spiro atoms. The summed E-state index contributed by atoms with van der Waals surface area (Å²) in [6.45, 7) is 4.05. The van der Waals surface area contributed by atoms with Crippen LogP contribution in [0.3, 0.4) is 0 Å². The third-order valence-electron chi connectivity index (χ3n) is 3.10. The van der Waals surface area contributed by atoms with Gasteiger partial charge in [0.05, 0.1) is 6.20 Å². The molecule has 0 aliphatic rings. The number of rotatable bonds is 4. The van der Waals surface area contributed by atoms with Crippen LogP contribution in [0.5, 0.6) is 0 Å². The Morgan fingerprint density at radius 2 is 1.68 bits per heavy atom. The van der Waals surface area contributed by atoms with Crippen molar-refractivity contribution in [3.05, 3.63) is 64.7 Å². The quantitative estimate of drug-likeness (QED) is 0.903. The molecule has 1 heterocycles. The van der Waals surface area contributed by atoms with Crippen LogP contribution in [0.15, 0.2) is 42.7 Å². The fraction of sp³-hybridized carbons (Fsp3) is 0.267. The Bertz CT molecular complexity index is 542. The zero-order valence-corrected chi connectivity index (χ0v) is 11.7. The molecule has 0 fully saturated rings. The highest BCUT2D eigenvalue weighted by molar-refractivity contribution is 6.30. The van der Waals surface area contributed by atoms with Crippen molar-refractivity contribution in [2.45, 2.75) is 25.9 Å². The summed E-state index contributed by atoms with van der Waals surface area (Å²) >= 11 is 5.87. The SMILES string of the molecule is CC(NC(C)c1cncc(F)c1)c1ccc(Cl)cc1.